The second-order valence-corrected chi connectivity index (χ2v) is 8.40. The van der Waals surface area contributed by atoms with Crippen molar-refractivity contribution in [1.29, 1.82) is 0 Å². The molecule has 2 aromatic heterocycles. The van der Waals surface area contributed by atoms with Gasteiger partial charge >= 0.3 is 5.97 Å². The fourth-order valence-corrected chi connectivity index (χ4v) is 4.31. The lowest BCUT2D eigenvalue weighted by atomic mass is 10.2. The Balaban J connectivity index is 1.69. The largest absolute Gasteiger partial charge is 0.481 e. The van der Waals surface area contributed by atoms with E-state index in [9.17, 15) is 9.59 Å². The molecule has 3 aromatic rings. The lowest BCUT2D eigenvalue weighted by molar-refractivity contribution is -0.151. The molecule has 1 atom stereocenters. The summed E-state index contributed by atoms with van der Waals surface area (Å²) in [4.78, 5) is 33.2. The summed E-state index contributed by atoms with van der Waals surface area (Å²) in [6.45, 7) is 5.19. The van der Waals surface area contributed by atoms with Crippen LogP contribution in [0.3, 0.4) is 0 Å². The Morgan fingerprint density at radius 1 is 1.41 bits per heavy atom. The van der Waals surface area contributed by atoms with Crippen LogP contribution in [0.5, 0.6) is 5.75 Å². The monoisotopic (exact) mass is 470 g/mol. The summed E-state index contributed by atoms with van der Waals surface area (Å²) in [5.41, 5.74) is 0.683. The number of carbonyl (C=O) groups excluding carboxylic acids is 1. The second kappa shape index (κ2) is 8.00. The molecule has 0 fully saturated rings. The van der Waals surface area contributed by atoms with E-state index in [-0.39, 0.29) is 12.2 Å². The zero-order valence-corrected chi connectivity index (χ0v) is 17.9. The molecular weight excluding hydrogens is 456 g/mol. The highest BCUT2D eigenvalue weighted by Gasteiger charge is 2.18. The Morgan fingerprint density at radius 3 is 2.85 bits per heavy atom. The Hall–Kier alpha value is -1.90. The summed E-state index contributed by atoms with van der Waals surface area (Å²) < 4.78 is 11.4. The first-order chi connectivity index (χ1) is 12.8. The minimum Gasteiger partial charge on any atom is -0.481 e. The van der Waals surface area contributed by atoms with Gasteiger partial charge in [-0.2, -0.15) is 0 Å². The van der Waals surface area contributed by atoms with Crippen LogP contribution in [0.15, 0.2) is 27.5 Å². The number of benzene rings is 1. The molecule has 3 rings (SSSR count). The summed E-state index contributed by atoms with van der Waals surface area (Å²) >= 11 is 10.6. The molecule has 0 radical (unpaired) electrons. The molecule has 6 nitrogen and oxygen atoms in total. The van der Waals surface area contributed by atoms with Crippen molar-refractivity contribution in [2.75, 3.05) is 6.61 Å². The number of H-pyrrole nitrogens is 1. The van der Waals surface area contributed by atoms with Crippen LogP contribution in [0.25, 0.3) is 10.2 Å². The maximum absolute atomic E-state index is 12.3. The van der Waals surface area contributed by atoms with Gasteiger partial charge in [0.15, 0.2) is 18.5 Å². The van der Waals surface area contributed by atoms with Crippen LogP contribution in [0, 0.1) is 13.8 Å². The van der Waals surface area contributed by atoms with Gasteiger partial charge < -0.3 is 14.5 Å². The van der Waals surface area contributed by atoms with Gasteiger partial charge in [-0.25, -0.2) is 9.78 Å². The highest BCUT2D eigenvalue weighted by molar-refractivity contribution is 9.10. The van der Waals surface area contributed by atoms with Crippen molar-refractivity contribution < 1.29 is 14.3 Å². The summed E-state index contributed by atoms with van der Waals surface area (Å²) in [6, 6.07) is 4.97. The molecule has 27 heavy (non-hydrogen) atoms. The standard InChI is InChI=1S/C18H16BrClN2O4S/c1-8-10(3)27-18-15(8)17(24)21-16(22-18)9(2)26-14(23)7-25-13-5-4-11(20)6-12(13)19/h4-6,9H,7H2,1-3H3,(H,21,22,24). The van der Waals surface area contributed by atoms with Gasteiger partial charge in [0.2, 0.25) is 0 Å². The number of fused-ring (bicyclic) bond motifs is 1. The molecule has 0 amide bonds. The summed E-state index contributed by atoms with van der Waals surface area (Å²) in [5.74, 6) is 0.196. The number of aryl methyl sites for hydroxylation is 2. The molecule has 0 aliphatic rings. The van der Waals surface area contributed by atoms with E-state index in [4.69, 9.17) is 21.1 Å². The molecule has 1 aromatic carbocycles. The molecule has 1 unspecified atom stereocenters. The molecule has 0 aliphatic heterocycles. The summed E-state index contributed by atoms with van der Waals surface area (Å²) in [7, 11) is 0. The third-order valence-electron chi connectivity index (χ3n) is 3.99. The van der Waals surface area contributed by atoms with E-state index in [1.807, 2.05) is 13.8 Å². The number of hydrogen-bond acceptors (Lipinski definition) is 6. The van der Waals surface area contributed by atoms with Crippen LogP contribution in [0.4, 0.5) is 0 Å². The number of nitrogens with zero attached hydrogens (tertiary/aromatic N) is 1. The number of nitrogens with one attached hydrogen (secondary N) is 1. The number of hydrogen-bond donors (Lipinski definition) is 1. The number of ether oxygens (including phenoxy) is 2. The first kappa shape index (κ1) is 19.9. The van der Waals surface area contributed by atoms with Crippen LogP contribution >= 0.6 is 38.9 Å². The van der Waals surface area contributed by atoms with Crippen LogP contribution < -0.4 is 10.3 Å². The molecule has 0 spiro atoms. The van der Waals surface area contributed by atoms with Crippen LogP contribution in [-0.2, 0) is 9.53 Å². The Bertz CT molecular complexity index is 1080. The normalized spacial score (nSPS) is 12.2. The maximum Gasteiger partial charge on any atom is 0.344 e. The van der Waals surface area contributed by atoms with Gasteiger partial charge in [0.1, 0.15) is 10.6 Å². The van der Waals surface area contributed by atoms with Crippen molar-refractivity contribution >= 4 is 55.1 Å². The first-order valence-corrected chi connectivity index (χ1v) is 10.0. The molecule has 2 heterocycles. The number of thiophene rings is 1. The topological polar surface area (TPSA) is 81.3 Å². The van der Waals surface area contributed by atoms with Gasteiger partial charge in [-0.05, 0) is 60.5 Å². The van der Waals surface area contributed by atoms with Crippen molar-refractivity contribution in [2.24, 2.45) is 0 Å². The smallest absolute Gasteiger partial charge is 0.344 e. The minimum atomic E-state index is -0.713. The van der Waals surface area contributed by atoms with Crippen molar-refractivity contribution in [2.45, 2.75) is 26.9 Å². The van der Waals surface area contributed by atoms with Crippen LogP contribution in [0.1, 0.15) is 29.3 Å². The van der Waals surface area contributed by atoms with Gasteiger partial charge in [-0.15, -0.1) is 11.3 Å². The molecule has 0 saturated heterocycles. The van der Waals surface area contributed by atoms with E-state index in [0.29, 0.717) is 31.3 Å². The predicted octanol–water partition coefficient (Wildman–Crippen LogP) is 4.70. The minimum absolute atomic E-state index is 0.235. The summed E-state index contributed by atoms with van der Waals surface area (Å²) in [6.07, 6.45) is -0.713. The van der Waals surface area contributed by atoms with Crippen molar-refractivity contribution in [3.8, 4) is 5.75 Å². The average Bonchev–Trinajstić information content (AvgIpc) is 2.88. The molecule has 1 N–H and O–H groups in total. The number of aromatic nitrogens is 2. The van der Waals surface area contributed by atoms with Crippen molar-refractivity contribution in [1.82, 2.24) is 9.97 Å². The van der Waals surface area contributed by atoms with Crippen molar-refractivity contribution in [3.63, 3.8) is 0 Å². The quantitative estimate of drug-likeness (QED) is 0.546. The maximum atomic E-state index is 12.3. The third-order valence-corrected chi connectivity index (χ3v) is 5.95. The fourth-order valence-electron chi connectivity index (χ4n) is 2.48. The average molecular weight is 472 g/mol. The van der Waals surface area contributed by atoms with E-state index >= 15 is 0 Å². The fraction of sp³-hybridized carbons (Fsp3) is 0.278. The molecule has 0 saturated carbocycles. The van der Waals surface area contributed by atoms with Crippen LogP contribution in [-0.4, -0.2) is 22.5 Å². The number of carbonyl (C=O) groups is 1. The molecule has 0 bridgehead atoms. The zero-order chi connectivity index (χ0) is 19.7. The molecule has 142 valence electrons. The van der Waals surface area contributed by atoms with Gasteiger partial charge in [0.25, 0.3) is 5.56 Å². The highest BCUT2D eigenvalue weighted by atomic mass is 79.9. The first-order valence-electron chi connectivity index (χ1n) is 8.03. The zero-order valence-electron chi connectivity index (χ0n) is 14.8. The highest BCUT2D eigenvalue weighted by Crippen LogP contribution is 2.28. The Morgan fingerprint density at radius 2 is 2.15 bits per heavy atom. The second-order valence-electron chi connectivity index (χ2n) is 5.91. The Labute approximate surface area is 172 Å². The van der Waals surface area contributed by atoms with Gasteiger partial charge in [0.05, 0.1) is 9.86 Å². The van der Waals surface area contributed by atoms with E-state index in [0.717, 1.165) is 10.4 Å². The van der Waals surface area contributed by atoms with Crippen molar-refractivity contribution in [3.05, 3.63) is 54.3 Å². The lowest BCUT2D eigenvalue weighted by Crippen LogP contribution is -2.20. The Kier molecular flexibility index (Phi) is 5.88. The summed E-state index contributed by atoms with van der Waals surface area (Å²) in [5, 5.41) is 1.13. The number of aromatic amines is 1. The number of rotatable bonds is 5. The van der Waals surface area contributed by atoms with Gasteiger partial charge in [0, 0.05) is 9.90 Å². The van der Waals surface area contributed by atoms with Gasteiger partial charge in [-0.3, -0.25) is 4.79 Å². The van der Waals surface area contributed by atoms with Crippen LogP contribution in [0.2, 0.25) is 5.02 Å². The van der Waals surface area contributed by atoms with E-state index < -0.39 is 12.1 Å². The number of halogens is 2. The molecule has 0 aliphatic carbocycles. The van der Waals surface area contributed by atoms with Gasteiger partial charge in [-0.1, -0.05) is 11.6 Å². The molecule has 9 heteroatoms. The number of esters is 1. The van der Waals surface area contributed by atoms with E-state index in [1.165, 1.54) is 11.3 Å². The lowest BCUT2D eigenvalue weighted by Gasteiger charge is -2.13. The third kappa shape index (κ3) is 4.34. The van der Waals surface area contributed by atoms with E-state index in [1.54, 1.807) is 25.1 Å². The SMILES string of the molecule is Cc1sc2nc(C(C)OC(=O)COc3ccc(Cl)cc3Br)[nH]c(=O)c2c1C. The van der Waals surface area contributed by atoms with E-state index in [2.05, 4.69) is 25.9 Å². The predicted molar refractivity (Wildman–Crippen MR) is 109 cm³/mol. The molecular formula is C18H16BrClN2O4S.